The molecule has 0 saturated carbocycles. The molecule has 19 heavy (non-hydrogen) atoms. The molecule has 0 saturated heterocycles. The fraction of sp³-hybridized carbons (Fsp3) is 0.400. The Bertz CT molecular complexity index is 563. The first-order valence-corrected chi connectivity index (χ1v) is 6.65. The summed E-state index contributed by atoms with van der Waals surface area (Å²) in [6.45, 7) is 7.43. The fourth-order valence-corrected chi connectivity index (χ4v) is 2.68. The van der Waals surface area contributed by atoms with Crippen LogP contribution < -0.4 is 4.90 Å². The summed E-state index contributed by atoms with van der Waals surface area (Å²) in [5, 5.41) is -0.651. The molecule has 1 aromatic carbocycles. The van der Waals surface area contributed by atoms with Crippen molar-refractivity contribution in [1.29, 1.82) is 0 Å². The van der Waals surface area contributed by atoms with Crippen molar-refractivity contribution in [3.63, 3.8) is 0 Å². The molecule has 0 spiro atoms. The summed E-state index contributed by atoms with van der Waals surface area (Å²) in [6.07, 6.45) is 2.00. The predicted molar refractivity (Wildman–Crippen MR) is 76.9 cm³/mol. The molecule has 0 unspecified atom stereocenters. The number of hydrogen-bond donors (Lipinski definition) is 0. The van der Waals surface area contributed by atoms with Gasteiger partial charge < -0.3 is 4.90 Å². The van der Waals surface area contributed by atoms with E-state index in [1.54, 1.807) is 17.9 Å². The number of nitrogens with zero attached hydrogens (tertiary/aromatic N) is 1. The minimum Gasteiger partial charge on any atom is -0.301 e. The Kier molecular flexibility index (Phi) is 3.43. The van der Waals surface area contributed by atoms with Gasteiger partial charge in [-0.05, 0) is 51.5 Å². The van der Waals surface area contributed by atoms with Crippen LogP contribution in [0.2, 0.25) is 0 Å². The highest BCUT2D eigenvalue weighted by atomic mass is 35.5. The Labute approximate surface area is 117 Å². The molecule has 1 aliphatic rings. The number of amides is 1. The fourth-order valence-electron chi connectivity index (χ4n) is 2.59. The minimum atomic E-state index is -0.651. The van der Waals surface area contributed by atoms with Crippen LogP contribution in [-0.4, -0.2) is 16.8 Å². The molecule has 1 atom stereocenters. The highest BCUT2D eigenvalue weighted by Crippen LogP contribution is 2.39. The lowest BCUT2D eigenvalue weighted by Crippen LogP contribution is -2.51. The van der Waals surface area contributed by atoms with E-state index in [0.717, 1.165) is 11.1 Å². The van der Waals surface area contributed by atoms with Crippen molar-refractivity contribution in [2.24, 2.45) is 0 Å². The van der Waals surface area contributed by atoms with Crippen LogP contribution in [0.15, 0.2) is 24.3 Å². The van der Waals surface area contributed by atoms with Gasteiger partial charge in [0, 0.05) is 5.56 Å². The first kappa shape index (κ1) is 14.1. The first-order valence-electron chi connectivity index (χ1n) is 6.21. The third-order valence-corrected chi connectivity index (χ3v) is 3.52. The van der Waals surface area contributed by atoms with E-state index in [0.29, 0.717) is 5.69 Å². The van der Waals surface area contributed by atoms with Crippen molar-refractivity contribution in [3.8, 4) is 0 Å². The summed E-state index contributed by atoms with van der Waals surface area (Å²) >= 11 is 5.93. The molecule has 0 radical (unpaired) electrons. The summed E-state index contributed by atoms with van der Waals surface area (Å²) < 4.78 is 13.5. The van der Waals surface area contributed by atoms with Crippen LogP contribution in [0.5, 0.6) is 0 Å². The van der Waals surface area contributed by atoms with E-state index in [1.807, 2.05) is 26.8 Å². The van der Waals surface area contributed by atoms with Gasteiger partial charge in [-0.25, -0.2) is 4.39 Å². The SMILES string of the molecule is CC1=CC(C)(C)N(C(=O)[C@@H](C)Cl)c2cc(F)ccc21. The van der Waals surface area contributed by atoms with Gasteiger partial charge in [0.1, 0.15) is 11.2 Å². The van der Waals surface area contributed by atoms with Gasteiger partial charge in [-0.2, -0.15) is 0 Å². The molecule has 102 valence electrons. The molecule has 1 amide bonds. The predicted octanol–water partition coefficient (Wildman–Crippen LogP) is 3.98. The summed E-state index contributed by atoms with van der Waals surface area (Å²) in [7, 11) is 0. The van der Waals surface area contributed by atoms with E-state index in [1.165, 1.54) is 12.1 Å². The highest BCUT2D eigenvalue weighted by Gasteiger charge is 2.37. The molecule has 0 aliphatic carbocycles. The van der Waals surface area contributed by atoms with Gasteiger partial charge >= 0.3 is 0 Å². The molecule has 0 fully saturated rings. The van der Waals surface area contributed by atoms with Crippen molar-refractivity contribution in [2.45, 2.75) is 38.6 Å². The minimum absolute atomic E-state index is 0.220. The molecule has 4 heteroatoms. The van der Waals surface area contributed by atoms with Crippen LogP contribution in [0.1, 0.15) is 33.3 Å². The summed E-state index contributed by atoms with van der Waals surface area (Å²) in [6, 6.07) is 4.50. The number of alkyl halides is 1. The third-order valence-electron chi connectivity index (χ3n) is 3.33. The standard InChI is InChI=1S/C15H17ClFNO/c1-9-8-15(3,4)18(14(19)10(2)16)13-7-11(17)5-6-12(9)13/h5-8,10H,1-4H3/t10-/m1/s1. The highest BCUT2D eigenvalue weighted by molar-refractivity contribution is 6.33. The van der Waals surface area contributed by atoms with Crippen molar-refractivity contribution in [2.75, 3.05) is 4.90 Å². The van der Waals surface area contributed by atoms with Crippen LogP contribution >= 0.6 is 11.6 Å². The van der Waals surface area contributed by atoms with Gasteiger partial charge in [0.25, 0.3) is 0 Å². The van der Waals surface area contributed by atoms with Crippen LogP contribution in [0.25, 0.3) is 5.57 Å². The zero-order chi connectivity index (χ0) is 14.4. The van der Waals surface area contributed by atoms with Crippen LogP contribution in [-0.2, 0) is 4.79 Å². The zero-order valence-corrected chi connectivity index (χ0v) is 12.3. The van der Waals surface area contributed by atoms with E-state index in [4.69, 9.17) is 11.6 Å². The number of hydrogen-bond acceptors (Lipinski definition) is 1. The quantitative estimate of drug-likeness (QED) is 0.713. The number of carbonyl (C=O) groups excluding carboxylic acids is 1. The molecular formula is C15H17ClFNO. The van der Waals surface area contributed by atoms with Gasteiger partial charge in [-0.3, -0.25) is 4.79 Å². The molecule has 1 aromatic rings. The summed E-state index contributed by atoms with van der Waals surface area (Å²) in [5.74, 6) is -0.577. The maximum Gasteiger partial charge on any atom is 0.245 e. The average Bonchev–Trinajstić information content (AvgIpc) is 2.26. The number of halogens is 2. The van der Waals surface area contributed by atoms with E-state index in [9.17, 15) is 9.18 Å². The van der Waals surface area contributed by atoms with Crippen molar-refractivity contribution < 1.29 is 9.18 Å². The van der Waals surface area contributed by atoms with E-state index in [-0.39, 0.29) is 11.7 Å². The molecular weight excluding hydrogens is 265 g/mol. The van der Waals surface area contributed by atoms with Gasteiger partial charge in [0.2, 0.25) is 5.91 Å². The molecule has 0 aromatic heterocycles. The van der Waals surface area contributed by atoms with E-state index >= 15 is 0 Å². The third kappa shape index (κ3) is 2.39. The van der Waals surface area contributed by atoms with Gasteiger partial charge in [0.05, 0.1) is 11.2 Å². The smallest absolute Gasteiger partial charge is 0.245 e. The van der Waals surface area contributed by atoms with Crippen molar-refractivity contribution >= 4 is 28.8 Å². The van der Waals surface area contributed by atoms with Crippen LogP contribution in [0.3, 0.4) is 0 Å². The summed E-state index contributed by atoms with van der Waals surface area (Å²) in [4.78, 5) is 13.9. The second-order valence-electron chi connectivity index (χ2n) is 5.43. The maximum absolute atomic E-state index is 13.5. The Morgan fingerprint density at radius 2 is 2.05 bits per heavy atom. The second-order valence-corrected chi connectivity index (χ2v) is 6.09. The topological polar surface area (TPSA) is 20.3 Å². The Morgan fingerprint density at radius 3 is 2.63 bits per heavy atom. The number of fused-ring (bicyclic) bond motifs is 1. The van der Waals surface area contributed by atoms with Crippen LogP contribution in [0, 0.1) is 5.82 Å². The first-order chi connectivity index (χ1) is 8.74. The van der Waals surface area contributed by atoms with Crippen LogP contribution in [0.4, 0.5) is 10.1 Å². The summed E-state index contributed by atoms with van der Waals surface area (Å²) in [5.41, 5.74) is 1.96. The number of allylic oxidation sites excluding steroid dienone is 1. The second kappa shape index (κ2) is 4.64. The van der Waals surface area contributed by atoms with Crippen molar-refractivity contribution in [3.05, 3.63) is 35.7 Å². The molecule has 2 rings (SSSR count). The maximum atomic E-state index is 13.5. The number of carbonyl (C=O) groups is 1. The number of anilines is 1. The number of benzene rings is 1. The van der Waals surface area contributed by atoms with Gasteiger partial charge in [0.15, 0.2) is 0 Å². The largest absolute Gasteiger partial charge is 0.301 e. The Hall–Kier alpha value is -1.35. The number of rotatable bonds is 1. The molecule has 0 N–H and O–H groups in total. The zero-order valence-electron chi connectivity index (χ0n) is 11.5. The lowest BCUT2D eigenvalue weighted by Gasteiger charge is -2.42. The molecule has 1 aliphatic heterocycles. The van der Waals surface area contributed by atoms with E-state index in [2.05, 4.69) is 0 Å². The molecule has 2 nitrogen and oxygen atoms in total. The lowest BCUT2D eigenvalue weighted by atomic mass is 9.88. The molecule has 0 bridgehead atoms. The Morgan fingerprint density at radius 1 is 1.42 bits per heavy atom. The van der Waals surface area contributed by atoms with Gasteiger partial charge in [-0.1, -0.05) is 6.08 Å². The Balaban J connectivity index is 2.66. The average molecular weight is 282 g/mol. The van der Waals surface area contributed by atoms with Gasteiger partial charge in [-0.15, -0.1) is 11.6 Å². The normalized spacial score (nSPS) is 18.6. The molecule has 1 heterocycles. The van der Waals surface area contributed by atoms with Crippen molar-refractivity contribution in [1.82, 2.24) is 0 Å². The lowest BCUT2D eigenvalue weighted by molar-refractivity contribution is -0.118. The van der Waals surface area contributed by atoms with E-state index < -0.39 is 10.9 Å². The monoisotopic (exact) mass is 281 g/mol.